The van der Waals surface area contributed by atoms with Crippen molar-refractivity contribution >= 4 is 12.1 Å². The third-order valence-electron chi connectivity index (χ3n) is 2.15. The number of carbonyl (C=O) groups is 2. The highest BCUT2D eigenvalue weighted by atomic mass is 16.6. The Hall–Kier alpha value is -2.05. The monoisotopic (exact) mass is 268 g/mol. The normalized spacial score (nSPS) is 12.8. The van der Waals surface area contributed by atoms with Gasteiger partial charge in [0.15, 0.2) is 0 Å². The van der Waals surface area contributed by atoms with Crippen molar-refractivity contribution in [2.75, 3.05) is 0 Å². The molecule has 0 saturated heterocycles. The maximum atomic E-state index is 11.5. The Morgan fingerprint density at radius 1 is 1.53 bits per heavy atom. The Morgan fingerprint density at radius 3 is 2.58 bits per heavy atom. The van der Waals surface area contributed by atoms with Crippen LogP contribution in [0.2, 0.25) is 0 Å². The molecule has 0 saturated carbocycles. The molecule has 0 aliphatic rings. The van der Waals surface area contributed by atoms with E-state index in [1.54, 1.807) is 44.9 Å². The molecule has 7 heteroatoms. The molecule has 106 valence electrons. The maximum Gasteiger partial charge on any atom is 0.408 e. The minimum absolute atomic E-state index is 0.0441. The van der Waals surface area contributed by atoms with Crippen molar-refractivity contribution in [2.45, 2.75) is 38.8 Å². The summed E-state index contributed by atoms with van der Waals surface area (Å²) < 4.78 is 6.68. The summed E-state index contributed by atoms with van der Waals surface area (Å²) in [6, 6.07) is -1.18. The number of nitrogens with zero attached hydrogens (tertiary/aromatic N) is 2. The van der Waals surface area contributed by atoms with Gasteiger partial charge >= 0.3 is 6.09 Å². The van der Waals surface area contributed by atoms with Crippen LogP contribution in [0.5, 0.6) is 0 Å². The Bertz CT molecular complexity index is 462. The number of hydrogen-bond acceptors (Lipinski definition) is 5. The number of aromatic nitrogens is 2. The van der Waals surface area contributed by atoms with Gasteiger partial charge in [-0.2, -0.15) is 0 Å². The number of hydrogen-bond donors (Lipinski definition) is 1. The van der Waals surface area contributed by atoms with Gasteiger partial charge < -0.3 is 24.5 Å². The number of rotatable bonds is 4. The Labute approximate surface area is 111 Å². The fourth-order valence-electron chi connectivity index (χ4n) is 1.42. The molecule has 0 bridgehead atoms. The summed E-state index contributed by atoms with van der Waals surface area (Å²) in [7, 11) is 1.77. The number of carbonyl (C=O) groups excluding carboxylic acids is 2. The van der Waals surface area contributed by atoms with Gasteiger partial charge in [0.1, 0.15) is 5.60 Å². The van der Waals surface area contributed by atoms with E-state index in [-0.39, 0.29) is 6.42 Å². The molecule has 0 spiro atoms. The topological polar surface area (TPSA) is 96.3 Å². The molecule has 7 nitrogen and oxygen atoms in total. The molecule has 1 atom stereocenters. The van der Waals surface area contributed by atoms with Crippen LogP contribution < -0.4 is 10.4 Å². The highest BCUT2D eigenvalue weighted by Gasteiger charge is 2.20. The van der Waals surface area contributed by atoms with Crippen LogP contribution in [0.15, 0.2) is 12.5 Å². The first-order valence-corrected chi connectivity index (χ1v) is 5.84. The zero-order valence-corrected chi connectivity index (χ0v) is 11.5. The van der Waals surface area contributed by atoms with E-state index in [0.29, 0.717) is 5.69 Å². The minimum Gasteiger partial charge on any atom is -0.548 e. The number of amides is 1. The molecule has 0 aliphatic heterocycles. The number of aliphatic carboxylic acids is 1. The number of ether oxygens (including phenoxy) is 1. The lowest BCUT2D eigenvalue weighted by Crippen LogP contribution is -2.50. The molecule has 1 rings (SSSR count). The van der Waals surface area contributed by atoms with E-state index >= 15 is 0 Å². The van der Waals surface area contributed by atoms with Crippen LogP contribution >= 0.6 is 0 Å². The fourth-order valence-corrected chi connectivity index (χ4v) is 1.42. The molecule has 1 N–H and O–H groups in total. The smallest absolute Gasteiger partial charge is 0.408 e. The van der Waals surface area contributed by atoms with E-state index < -0.39 is 23.7 Å². The van der Waals surface area contributed by atoms with Gasteiger partial charge in [-0.15, -0.1) is 0 Å². The number of aryl methyl sites for hydroxylation is 1. The number of carboxylic acid groups (broad SMARTS) is 1. The van der Waals surface area contributed by atoms with E-state index in [9.17, 15) is 14.7 Å². The third-order valence-corrected chi connectivity index (χ3v) is 2.15. The summed E-state index contributed by atoms with van der Waals surface area (Å²) in [6.45, 7) is 5.08. The van der Waals surface area contributed by atoms with E-state index in [1.807, 2.05) is 0 Å². The molecule has 19 heavy (non-hydrogen) atoms. The van der Waals surface area contributed by atoms with Crippen LogP contribution in [0.3, 0.4) is 0 Å². The van der Waals surface area contributed by atoms with Gasteiger partial charge in [-0.1, -0.05) is 0 Å². The largest absolute Gasteiger partial charge is 0.548 e. The molecule has 1 aromatic heterocycles. The average molecular weight is 268 g/mol. The van der Waals surface area contributed by atoms with Crippen molar-refractivity contribution in [3.8, 4) is 0 Å². The number of nitrogens with one attached hydrogen (secondary N) is 1. The molecular formula is C12H18N3O4-. The summed E-state index contributed by atoms with van der Waals surface area (Å²) in [5.41, 5.74) is -0.140. The predicted molar refractivity (Wildman–Crippen MR) is 65.1 cm³/mol. The first-order valence-electron chi connectivity index (χ1n) is 5.84. The van der Waals surface area contributed by atoms with Crippen LogP contribution in [0, 0.1) is 0 Å². The first-order chi connectivity index (χ1) is 8.67. The van der Waals surface area contributed by atoms with Gasteiger partial charge in [0.05, 0.1) is 24.0 Å². The fraction of sp³-hybridized carbons (Fsp3) is 0.583. The first kappa shape index (κ1) is 15.0. The summed E-state index contributed by atoms with van der Waals surface area (Å²) in [4.78, 5) is 26.5. The highest BCUT2D eigenvalue weighted by Crippen LogP contribution is 2.07. The van der Waals surface area contributed by atoms with Gasteiger partial charge in [-0.3, -0.25) is 0 Å². The maximum absolute atomic E-state index is 11.5. The second kappa shape index (κ2) is 5.73. The summed E-state index contributed by atoms with van der Waals surface area (Å²) >= 11 is 0. The van der Waals surface area contributed by atoms with E-state index in [0.717, 1.165) is 0 Å². The van der Waals surface area contributed by atoms with Crippen molar-refractivity contribution in [2.24, 2.45) is 7.05 Å². The van der Waals surface area contributed by atoms with Crippen molar-refractivity contribution in [3.05, 3.63) is 18.2 Å². The van der Waals surface area contributed by atoms with Gasteiger partial charge in [-0.25, -0.2) is 9.78 Å². The summed E-state index contributed by atoms with van der Waals surface area (Å²) in [5, 5.41) is 13.3. The number of imidazole rings is 1. The molecule has 0 fully saturated rings. The Balaban J connectivity index is 2.63. The molecule has 0 radical (unpaired) electrons. The molecule has 0 unspecified atom stereocenters. The average Bonchev–Trinajstić information content (AvgIpc) is 2.60. The lowest BCUT2D eigenvalue weighted by atomic mass is 10.1. The predicted octanol–water partition coefficient (Wildman–Crippen LogP) is -0.394. The van der Waals surface area contributed by atoms with Crippen LogP contribution in [0.1, 0.15) is 26.5 Å². The molecule has 0 aliphatic carbocycles. The number of alkyl carbamates (subject to hydrolysis) is 1. The summed E-state index contributed by atoms with van der Waals surface area (Å²) in [6.07, 6.45) is 2.47. The summed E-state index contributed by atoms with van der Waals surface area (Å²) in [5.74, 6) is -1.38. The van der Waals surface area contributed by atoms with Gasteiger partial charge in [-0.05, 0) is 20.8 Å². The Kier molecular flexibility index (Phi) is 4.52. The molecule has 1 heterocycles. The van der Waals surface area contributed by atoms with Crippen molar-refractivity contribution in [1.82, 2.24) is 14.9 Å². The van der Waals surface area contributed by atoms with Crippen LogP contribution in [0.25, 0.3) is 0 Å². The van der Waals surface area contributed by atoms with Crippen molar-refractivity contribution in [3.63, 3.8) is 0 Å². The van der Waals surface area contributed by atoms with E-state index in [2.05, 4.69) is 10.3 Å². The van der Waals surface area contributed by atoms with E-state index in [4.69, 9.17) is 4.74 Å². The second-order valence-corrected chi connectivity index (χ2v) is 5.25. The second-order valence-electron chi connectivity index (χ2n) is 5.25. The lowest BCUT2D eigenvalue weighted by Gasteiger charge is -2.23. The zero-order valence-electron chi connectivity index (χ0n) is 11.5. The van der Waals surface area contributed by atoms with Crippen LogP contribution in [0.4, 0.5) is 4.79 Å². The van der Waals surface area contributed by atoms with Gasteiger partial charge in [0.2, 0.25) is 0 Å². The SMILES string of the molecule is Cn1cnc(C[C@H](NC(=O)OC(C)(C)C)C(=O)[O-])c1. The zero-order chi connectivity index (χ0) is 14.6. The third kappa shape index (κ3) is 5.41. The minimum atomic E-state index is -1.38. The highest BCUT2D eigenvalue weighted by molar-refractivity contribution is 5.78. The quantitative estimate of drug-likeness (QED) is 0.802. The van der Waals surface area contributed by atoms with Gasteiger partial charge in [0.25, 0.3) is 0 Å². The van der Waals surface area contributed by atoms with Crippen LogP contribution in [-0.2, 0) is 23.0 Å². The standard InChI is InChI=1S/C12H19N3O4/c1-12(2,3)19-11(18)14-9(10(16)17)5-8-6-15(4)7-13-8/h6-7,9H,5H2,1-4H3,(H,14,18)(H,16,17)/p-1/t9-/m0/s1. The molecule has 1 amide bonds. The Morgan fingerprint density at radius 2 is 2.16 bits per heavy atom. The van der Waals surface area contributed by atoms with Crippen LogP contribution in [-0.4, -0.2) is 33.3 Å². The number of carboxylic acids is 1. The van der Waals surface area contributed by atoms with E-state index in [1.165, 1.54) is 0 Å². The lowest BCUT2D eigenvalue weighted by molar-refractivity contribution is -0.308. The van der Waals surface area contributed by atoms with Gasteiger partial charge in [0, 0.05) is 19.7 Å². The van der Waals surface area contributed by atoms with Crippen molar-refractivity contribution in [1.29, 1.82) is 0 Å². The molecule has 0 aromatic carbocycles. The molecule has 1 aromatic rings. The molecular weight excluding hydrogens is 250 g/mol. The van der Waals surface area contributed by atoms with Crippen molar-refractivity contribution < 1.29 is 19.4 Å².